The molecule has 0 aliphatic rings. The summed E-state index contributed by atoms with van der Waals surface area (Å²) in [6.07, 6.45) is 1.37. The monoisotopic (exact) mass is 445 g/mol. The molecule has 33 heavy (non-hydrogen) atoms. The molecule has 0 heterocycles. The Labute approximate surface area is 191 Å². The maximum atomic E-state index is 12.2. The van der Waals surface area contributed by atoms with Crippen molar-refractivity contribution < 1.29 is 23.9 Å². The highest BCUT2D eigenvalue weighted by Gasteiger charge is 2.13. The zero-order valence-electron chi connectivity index (χ0n) is 18.2. The number of benzene rings is 3. The first-order chi connectivity index (χ1) is 15.9. The van der Waals surface area contributed by atoms with Crippen LogP contribution in [0.1, 0.15) is 28.4 Å². The largest absolute Gasteiger partial charge is 0.494 e. The molecule has 0 fully saturated rings. The quantitative estimate of drug-likeness (QED) is 0.190. The third-order valence-electron chi connectivity index (χ3n) is 4.39. The number of nitrogens with one attached hydrogen (secondary N) is 2. The molecular weight excluding hydrogens is 422 g/mol. The molecule has 0 bridgehead atoms. The number of nitrogens with zero attached hydrogens (tertiary/aromatic N) is 1. The van der Waals surface area contributed by atoms with Gasteiger partial charge in [-0.1, -0.05) is 17.7 Å². The van der Waals surface area contributed by atoms with Crippen molar-refractivity contribution in [1.82, 2.24) is 5.43 Å². The van der Waals surface area contributed by atoms with Gasteiger partial charge in [0.05, 0.1) is 18.4 Å². The number of hydrogen-bond donors (Lipinski definition) is 2. The number of ether oxygens (including phenoxy) is 2. The number of esters is 1. The van der Waals surface area contributed by atoms with Crippen molar-refractivity contribution in [3.63, 3.8) is 0 Å². The van der Waals surface area contributed by atoms with Gasteiger partial charge in [-0.3, -0.25) is 9.59 Å². The Hall–Kier alpha value is -4.46. The van der Waals surface area contributed by atoms with Crippen LogP contribution in [0.4, 0.5) is 5.69 Å². The molecule has 0 saturated carbocycles. The van der Waals surface area contributed by atoms with Crippen LogP contribution in [0.2, 0.25) is 0 Å². The third kappa shape index (κ3) is 7.03. The van der Waals surface area contributed by atoms with Crippen molar-refractivity contribution in [2.45, 2.75) is 13.8 Å². The van der Waals surface area contributed by atoms with E-state index in [1.54, 1.807) is 60.7 Å². The lowest BCUT2D eigenvalue weighted by molar-refractivity contribution is -0.136. The second-order valence-corrected chi connectivity index (χ2v) is 6.94. The van der Waals surface area contributed by atoms with Gasteiger partial charge in [-0.25, -0.2) is 10.2 Å². The minimum absolute atomic E-state index is 0.372. The first-order valence-corrected chi connectivity index (χ1v) is 10.2. The molecule has 2 amide bonds. The van der Waals surface area contributed by atoms with Gasteiger partial charge in [-0.15, -0.1) is 0 Å². The predicted octanol–water partition coefficient (Wildman–Crippen LogP) is 3.70. The Morgan fingerprint density at radius 2 is 1.48 bits per heavy atom. The summed E-state index contributed by atoms with van der Waals surface area (Å²) < 4.78 is 10.7. The highest BCUT2D eigenvalue weighted by atomic mass is 16.5. The van der Waals surface area contributed by atoms with Crippen LogP contribution in [-0.2, 0) is 9.59 Å². The average molecular weight is 445 g/mol. The molecule has 0 atom stereocenters. The van der Waals surface area contributed by atoms with Gasteiger partial charge in [0, 0.05) is 5.69 Å². The van der Waals surface area contributed by atoms with E-state index in [2.05, 4.69) is 15.8 Å². The minimum Gasteiger partial charge on any atom is -0.494 e. The Bertz CT molecular complexity index is 1140. The van der Waals surface area contributed by atoms with Crippen molar-refractivity contribution in [2.75, 3.05) is 11.9 Å². The highest BCUT2D eigenvalue weighted by Crippen LogP contribution is 2.16. The fourth-order valence-electron chi connectivity index (χ4n) is 2.68. The van der Waals surface area contributed by atoms with Crippen molar-refractivity contribution >= 4 is 29.7 Å². The van der Waals surface area contributed by atoms with Crippen LogP contribution in [0.15, 0.2) is 77.9 Å². The second kappa shape index (κ2) is 11.2. The van der Waals surface area contributed by atoms with Gasteiger partial charge < -0.3 is 14.8 Å². The van der Waals surface area contributed by atoms with Crippen LogP contribution in [-0.4, -0.2) is 30.6 Å². The van der Waals surface area contributed by atoms with Gasteiger partial charge >= 0.3 is 17.8 Å². The summed E-state index contributed by atoms with van der Waals surface area (Å²) in [6.45, 7) is 4.34. The standard InChI is InChI=1S/C25H23N3O5/c1-3-32-21-14-10-20(11-15-21)27-23(29)24(30)28-26-16-18-6-12-22(13-7-18)33-25(31)19-8-4-17(2)5-9-19/h4-16H,3H2,1-2H3,(H,27,29)(H,28,30)/b26-16-. The number of amides is 2. The number of hydrazone groups is 1. The molecule has 8 heteroatoms. The molecule has 0 aliphatic carbocycles. The SMILES string of the molecule is CCOc1ccc(NC(=O)C(=O)N/N=C\c2ccc(OC(=O)c3ccc(C)cc3)cc2)cc1. The Balaban J connectivity index is 1.48. The number of rotatable bonds is 7. The first kappa shape index (κ1) is 23.2. The summed E-state index contributed by atoms with van der Waals surface area (Å²) in [7, 11) is 0. The summed E-state index contributed by atoms with van der Waals surface area (Å²) >= 11 is 0. The van der Waals surface area contributed by atoms with E-state index in [0.717, 1.165) is 5.56 Å². The molecule has 0 saturated heterocycles. The lowest BCUT2D eigenvalue weighted by atomic mass is 10.1. The zero-order valence-corrected chi connectivity index (χ0v) is 18.2. The van der Waals surface area contributed by atoms with Gasteiger partial charge in [0.2, 0.25) is 0 Å². The molecule has 0 aromatic heterocycles. The van der Waals surface area contributed by atoms with Crippen LogP contribution in [0, 0.1) is 6.92 Å². The summed E-state index contributed by atoms with van der Waals surface area (Å²) in [6, 6.07) is 20.3. The molecule has 3 aromatic rings. The maximum absolute atomic E-state index is 12.2. The van der Waals surface area contributed by atoms with Crippen LogP contribution < -0.4 is 20.2 Å². The second-order valence-electron chi connectivity index (χ2n) is 6.94. The third-order valence-corrected chi connectivity index (χ3v) is 4.39. The minimum atomic E-state index is -0.913. The molecule has 0 spiro atoms. The van der Waals surface area contributed by atoms with Gasteiger partial charge in [0.25, 0.3) is 0 Å². The predicted molar refractivity (Wildman–Crippen MR) is 125 cm³/mol. The van der Waals surface area contributed by atoms with Gasteiger partial charge in [-0.2, -0.15) is 5.10 Å². The lowest BCUT2D eigenvalue weighted by Gasteiger charge is -2.06. The number of anilines is 1. The van der Waals surface area contributed by atoms with Gasteiger partial charge in [0.15, 0.2) is 0 Å². The van der Waals surface area contributed by atoms with Crippen LogP contribution in [0.3, 0.4) is 0 Å². The van der Waals surface area contributed by atoms with Crippen LogP contribution >= 0.6 is 0 Å². The molecule has 0 aliphatic heterocycles. The topological polar surface area (TPSA) is 106 Å². The maximum Gasteiger partial charge on any atom is 0.343 e. The summed E-state index contributed by atoms with van der Waals surface area (Å²) in [5, 5.41) is 6.25. The fourth-order valence-corrected chi connectivity index (χ4v) is 2.68. The van der Waals surface area contributed by atoms with Crippen molar-refractivity contribution in [3.8, 4) is 11.5 Å². The first-order valence-electron chi connectivity index (χ1n) is 10.2. The van der Waals surface area contributed by atoms with Gasteiger partial charge in [-0.05, 0) is 80.1 Å². The van der Waals surface area contributed by atoms with E-state index in [0.29, 0.717) is 34.9 Å². The Morgan fingerprint density at radius 1 is 0.848 bits per heavy atom. The number of carbonyl (C=O) groups is 3. The molecule has 8 nitrogen and oxygen atoms in total. The van der Waals surface area contributed by atoms with Crippen LogP contribution in [0.25, 0.3) is 0 Å². The molecule has 0 radical (unpaired) electrons. The number of hydrogen-bond acceptors (Lipinski definition) is 6. The van der Waals surface area contributed by atoms with E-state index in [1.807, 2.05) is 26.0 Å². The van der Waals surface area contributed by atoms with Gasteiger partial charge in [0.1, 0.15) is 11.5 Å². The van der Waals surface area contributed by atoms with E-state index in [9.17, 15) is 14.4 Å². The van der Waals surface area contributed by atoms with E-state index in [1.165, 1.54) is 6.21 Å². The van der Waals surface area contributed by atoms with E-state index in [-0.39, 0.29) is 0 Å². The number of carbonyl (C=O) groups excluding carboxylic acids is 3. The van der Waals surface area contributed by atoms with Crippen molar-refractivity contribution in [3.05, 3.63) is 89.5 Å². The molecule has 0 unspecified atom stereocenters. The lowest BCUT2D eigenvalue weighted by Crippen LogP contribution is -2.32. The smallest absolute Gasteiger partial charge is 0.343 e. The van der Waals surface area contributed by atoms with Crippen molar-refractivity contribution in [1.29, 1.82) is 0 Å². The highest BCUT2D eigenvalue weighted by molar-refractivity contribution is 6.39. The molecule has 3 rings (SSSR count). The Kier molecular flexibility index (Phi) is 7.91. The Morgan fingerprint density at radius 3 is 2.12 bits per heavy atom. The van der Waals surface area contributed by atoms with E-state index < -0.39 is 17.8 Å². The summed E-state index contributed by atoms with van der Waals surface area (Å²) in [5.74, 6) is -1.18. The van der Waals surface area contributed by atoms with E-state index in [4.69, 9.17) is 9.47 Å². The number of aryl methyl sites for hydroxylation is 1. The normalized spacial score (nSPS) is 10.5. The fraction of sp³-hybridized carbons (Fsp3) is 0.120. The summed E-state index contributed by atoms with van der Waals surface area (Å²) in [4.78, 5) is 36.0. The molecule has 2 N–H and O–H groups in total. The molecule has 3 aromatic carbocycles. The van der Waals surface area contributed by atoms with Crippen molar-refractivity contribution in [2.24, 2.45) is 5.10 Å². The van der Waals surface area contributed by atoms with Crippen LogP contribution in [0.5, 0.6) is 11.5 Å². The molecular formula is C25H23N3O5. The summed E-state index contributed by atoms with van der Waals surface area (Å²) in [5.41, 5.74) is 4.77. The molecule has 168 valence electrons. The zero-order chi connectivity index (χ0) is 23.6. The van der Waals surface area contributed by atoms with E-state index >= 15 is 0 Å². The average Bonchev–Trinajstić information content (AvgIpc) is 2.82.